The minimum Gasteiger partial charge on any atom is -0.496 e. The first-order chi connectivity index (χ1) is 11.4. The average molecular weight is 329 g/mol. The molecule has 2 N–H and O–H groups in total. The van der Waals surface area contributed by atoms with E-state index in [1.807, 2.05) is 18.3 Å². The predicted octanol–water partition coefficient (Wildman–Crippen LogP) is 4.30. The fourth-order valence-corrected chi connectivity index (χ4v) is 3.18. The number of hydrogen-bond donors (Lipinski definition) is 2. The van der Waals surface area contributed by atoms with Gasteiger partial charge in [-0.2, -0.15) is 0 Å². The molecule has 0 radical (unpaired) electrons. The van der Waals surface area contributed by atoms with Crippen LogP contribution in [0.25, 0.3) is 0 Å². The normalized spacial score (nSPS) is 14.4. The number of hydrogen-bond acceptors (Lipinski definition) is 3. The van der Waals surface area contributed by atoms with Crippen LogP contribution in [0.2, 0.25) is 0 Å². The van der Waals surface area contributed by atoms with Crippen molar-refractivity contribution < 1.29 is 4.74 Å². The van der Waals surface area contributed by atoms with E-state index in [9.17, 15) is 0 Å². The van der Waals surface area contributed by atoms with Gasteiger partial charge in [-0.05, 0) is 51.2 Å². The van der Waals surface area contributed by atoms with Crippen LogP contribution in [0.1, 0.15) is 57.7 Å². The van der Waals surface area contributed by atoms with E-state index in [2.05, 4.69) is 55.1 Å². The molecule has 0 bridgehead atoms. The van der Waals surface area contributed by atoms with Gasteiger partial charge in [-0.1, -0.05) is 25.1 Å². The summed E-state index contributed by atoms with van der Waals surface area (Å²) in [5, 5.41) is 3.75. The summed E-state index contributed by atoms with van der Waals surface area (Å²) in [6.45, 7) is 8.94. The summed E-state index contributed by atoms with van der Waals surface area (Å²) in [6, 6.07) is 8.75. The number of nitrogens with zero attached hydrogens (tertiary/aromatic N) is 1. The molecule has 1 aromatic carbocycles. The fourth-order valence-electron chi connectivity index (χ4n) is 3.18. The third-order valence-electron chi connectivity index (χ3n) is 4.28. The van der Waals surface area contributed by atoms with Crippen LogP contribution in [0.4, 0.5) is 0 Å². The Hall–Kier alpha value is -1.81. The number of imidazole rings is 1. The minimum atomic E-state index is 0.0956. The minimum absolute atomic E-state index is 0.0956. The molecule has 1 aromatic heterocycles. The lowest BCUT2D eigenvalue weighted by molar-refractivity contribution is 0.331. The van der Waals surface area contributed by atoms with Crippen molar-refractivity contribution in [2.45, 2.75) is 64.5 Å². The van der Waals surface area contributed by atoms with Crippen molar-refractivity contribution in [3.63, 3.8) is 0 Å². The molecule has 4 heteroatoms. The van der Waals surface area contributed by atoms with E-state index in [4.69, 9.17) is 4.74 Å². The third-order valence-corrected chi connectivity index (χ3v) is 4.28. The molecule has 0 saturated heterocycles. The second-order valence-corrected chi connectivity index (χ2v) is 7.59. The molecule has 2 atom stereocenters. The van der Waals surface area contributed by atoms with Gasteiger partial charge in [0.25, 0.3) is 0 Å². The van der Waals surface area contributed by atoms with Gasteiger partial charge in [0.1, 0.15) is 5.75 Å². The maximum Gasteiger partial charge on any atom is 0.122 e. The monoisotopic (exact) mass is 329 g/mol. The molecule has 0 spiro atoms. The zero-order valence-corrected chi connectivity index (χ0v) is 15.6. The molecule has 2 rings (SSSR count). The number of benzene rings is 1. The largest absolute Gasteiger partial charge is 0.496 e. The van der Waals surface area contributed by atoms with Crippen LogP contribution in [0.15, 0.2) is 36.8 Å². The molecule has 0 aliphatic rings. The van der Waals surface area contributed by atoms with E-state index in [0.29, 0.717) is 12.0 Å². The summed E-state index contributed by atoms with van der Waals surface area (Å²) in [6.07, 6.45) is 6.86. The van der Waals surface area contributed by atoms with Crippen molar-refractivity contribution in [1.29, 1.82) is 0 Å². The van der Waals surface area contributed by atoms with Crippen LogP contribution in [-0.4, -0.2) is 28.7 Å². The summed E-state index contributed by atoms with van der Waals surface area (Å²) in [5.74, 6) is 1.45. The first kappa shape index (κ1) is 18.5. The first-order valence-electron chi connectivity index (χ1n) is 8.77. The molecule has 1 heterocycles. The highest BCUT2D eigenvalue weighted by Gasteiger charge is 2.20. The zero-order chi connectivity index (χ0) is 17.6. The van der Waals surface area contributed by atoms with Gasteiger partial charge in [-0.3, -0.25) is 0 Å². The maximum absolute atomic E-state index is 5.51. The smallest absolute Gasteiger partial charge is 0.122 e. The van der Waals surface area contributed by atoms with Gasteiger partial charge in [0.05, 0.1) is 13.4 Å². The molecule has 2 aromatic rings. The van der Waals surface area contributed by atoms with Gasteiger partial charge in [0.2, 0.25) is 0 Å². The Balaban J connectivity index is 2.00. The van der Waals surface area contributed by atoms with Crippen LogP contribution in [0, 0.1) is 0 Å². The van der Waals surface area contributed by atoms with Crippen molar-refractivity contribution >= 4 is 0 Å². The number of aromatic amines is 1. The number of H-pyrrole nitrogens is 1. The second-order valence-electron chi connectivity index (χ2n) is 7.59. The highest BCUT2D eigenvalue weighted by Crippen LogP contribution is 2.30. The Morgan fingerprint density at radius 3 is 2.58 bits per heavy atom. The van der Waals surface area contributed by atoms with Crippen molar-refractivity contribution in [2.24, 2.45) is 0 Å². The molecule has 132 valence electrons. The quantitative estimate of drug-likeness (QED) is 0.759. The van der Waals surface area contributed by atoms with E-state index >= 15 is 0 Å². The van der Waals surface area contributed by atoms with Crippen molar-refractivity contribution in [2.75, 3.05) is 7.11 Å². The van der Waals surface area contributed by atoms with Crippen LogP contribution < -0.4 is 10.1 Å². The van der Waals surface area contributed by atoms with E-state index in [0.717, 1.165) is 25.0 Å². The van der Waals surface area contributed by atoms with Crippen LogP contribution in [-0.2, 0) is 6.42 Å². The topological polar surface area (TPSA) is 49.9 Å². The molecular weight excluding hydrogens is 298 g/mol. The lowest BCUT2D eigenvalue weighted by Crippen LogP contribution is -2.44. The summed E-state index contributed by atoms with van der Waals surface area (Å²) in [7, 11) is 1.74. The summed E-state index contributed by atoms with van der Waals surface area (Å²) in [4.78, 5) is 7.36. The highest BCUT2D eigenvalue weighted by molar-refractivity contribution is 5.35. The average Bonchev–Trinajstić information content (AvgIpc) is 3.03. The lowest BCUT2D eigenvalue weighted by atomic mass is 9.91. The zero-order valence-electron chi connectivity index (χ0n) is 15.6. The Labute approximate surface area is 146 Å². The van der Waals surface area contributed by atoms with Crippen LogP contribution >= 0.6 is 0 Å². The van der Waals surface area contributed by atoms with E-state index in [1.54, 1.807) is 13.4 Å². The fraction of sp³-hybridized carbons (Fsp3) is 0.550. The molecule has 1 unspecified atom stereocenters. The summed E-state index contributed by atoms with van der Waals surface area (Å²) >= 11 is 0. The maximum atomic E-state index is 5.51. The summed E-state index contributed by atoms with van der Waals surface area (Å²) < 4.78 is 5.51. The second kappa shape index (κ2) is 8.34. The van der Waals surface area contributed by atoms with Crippen molar-refractivity contribution in [3.8, 4) is 5.75 Å². The van der Waals surface area contributed by atoms with E-state index < -0.39 is 0 Å². The van der Waals surface area contributed by atoms with E-state index in [-0.39, 0.29) is 5.54 Å². The molecule has 0 saturated carbocycles. The van der Waals surface area contributed by atoms with Crippen LogP contribution in [0.5, 0.6) is 5.75 Å². The first-order valence-corrected chi connectivity index (χ1v) is 8.77. The predicted molar refractivity (Wildman–Crippen MR) is 99.6 cm³/mol. The highest BCUT2D eigenvalue weighted by atomic mass is 16.5. The third kappa shape index (κ3) is 5.68. The summed E-state index contributed by atoms with van der Waals surface area (Å²) in [5.41, 5.74) is 2.57. The Kier molecular flexibility index (Phi) is 6.44. The molecule has 0 aliphatic carbocycles. The molecule has 0 amide bonds. The molecule has 0 aliphatic heterocycles. The van der Waals surface area contributed by atoms with Gasteiger partial charge >= 0.3 is 0 Å². The lowest BCUT2D eigenvalue weighted by Gasteiger charge is -2.29. The van der Waals surface area contributed by atoms with E-state index in [1.165, 1.54) is 11.3 Å². The number of ether oxygens (including phenoxy) is 1. The standard InChI is InChI=1S/C20H31N3O/c1-15(18-8-6-7-9-19(18)24-5)10-11-16(23-20(2,3)4)12-17-13-21-14-22-17/h6-9,13-16,23H,10-12H2,1-5H3,(H,21,22)/t15-,16?/m1/s1. The SMILES string of the molecule is COc1ccccc1[C@H](C)CCC(Cc1cnc[nH]1)NC(C)(C)C. The Bertz CT molecular complexity index is 602. The van der Waals surface area contributed by atoms with Crippen LogP contribution in [0.3, 0.4) is 0 Å². The number of rotatable bonds is 8. The Morgan fingerprint density at radius 2 is 1.96 bits per heavy atom. The molecule has 0 fully saturated rings. The number of methoxy groups -OCH3 is 1. The Morgan fingerprint density at radius 1 is 1.21 bits per heavy atom. The van der Waals surface area contributed by atoms with Crippen molar-refractivity contribution in [1.82, 2.24) is 15.3 Å². The van der Waals surface area contributed by atoms with Gasteiger partial charge in [0, 0.05) is 29.9 Å². The van der Waals surface area contributed by atoms with Gasteiger partial charge in [-0.25, -0.2) is 4.98 Å². The van der Waals surface area contributed by atoms with Gasteiger partial charge < -0.3 is 15.0 Å². The number of para-hydroxylation sites is 1. The number of nitrogens with one attached hydrogen (secondary N) is 2. The number of aromatic nitrogens is 2. The van der Waals surface area contributed by atoms with Gasteiger partial charge in [0.15, 0.2) is 0 Å². The van der Waals surface area contributed by atoms with Crippen molar-refractivity contribution in [3.05, 3.63) is 48.0 Å². The molecule has 24 heavy (non-hydrogen) atoms. The molecular formula is C20H31N3O. The van der Waals surface area contributed by atoms with Gasteiger partial charge in [-0.15, -0.1) is 0 Å². The molecule has 4 nitrogen and oxygen atoms in total.